The average Bonchev–Trinajstić information content (AvgIpc) is 2.51. The molecule has 1 saturated heterocycles. The van der Waals surface area contributed by atoms with Gasteiger partial charge in [0.05, 0.1) is 31.6 Å². The molecule has 1 aliphatic heterocycles. The van der Waals surface area contributed by atoms with E-state index in [9.17, 15) is 4.39 Å². The van der Waals surface area contributed by atoms with E-state index in [1.54, 1.807) is 30.5 Å². The number of rotatable bonds is 5. The lowest BCUT2D eigenvalue weighted by Gasteiger charge is -2.40. The molecule has 134 valence electrons. The van der Waals surface area contributed by atoms with Crippen molar-refractivity contribution in [3.05, 3.63) is 47.9 Å². The van der Waals surface area contributed by atoms with Crippen LogP contribution in [0.2, 0.25) is 0 Å². The molecule has 0 saturated carbocycles. The number of anilines is 1. The van der Waals surface area contributed by atoms with E-state index >= 15 is 0 Å². The maximum absolute atomic E-state index is 14.2. The Labute approximate surface area is 147 Å². The lowest BCUT2D eigenvalue weighted by Crippen LogP contribution is -2.54. The van der Waals surface area contributed by atoms with Crippen molar-refractivity contribution in [1.29, 1.82) is 0 Å². The Kier molecular flexibility index (Phi) is 4.81. The molecule has 2 heterocycles. The molecular weight excluding hydrogens is 323 g/mol. The Morgan fingerprint density at radius 3 is 2.60 bits per heavy atom. The van der Waals surface area contributed by atoms with Crippen LogP contribution in [0.3, 0.4) is 0 Å². The fraction of sp³-hybridized carbons (Fsp3) is 0.421. The summed E-state index contributed by atoms with van der Waals surface area (Å²) in [4.78, 5) is 6.13. The first kappa shape index (κ1) is 17.5. The van der Waals surface area contributed by atoms with Crippen LogP contribution in [0.4, 0.5) is 10.1 Å². The molecule has 0 amide bonds. The summed E-state index contributed by atoms with van der Waals surface area (Å²) in [5.41, 5.74) is 0.510. The number of benzene rings is 1. The Bertz CT molecular complexity index is 722. The number of hydrogen-bond acceptors (Lipinski definition) is 5. The van der Waals surface area contributed by atoms with Gasteiger partial charge >= 0.3 is 0 Å². The lowest BCUT2D eigenvalue weighted by molar-refractivity contribution is 0.123. The smallest absolute Gasteiger partial charge is 0.213 e. The fourth-order valence-corrected chi connectivity index (χ4v) is 2.64. The van der Waals surface area contributed by atoms with Crippen LogP contribution in [0.15, 0.2) is 36.5 Å². The predicted octanol–water partition coefficient (Wildman–Crippen LogP) is 3.16. The monoisotopic (exact) mass is 346 g/mol. The minimum absolute atomic E-state index is 0.0200. The van der Waals surface area contributed by atoms with E-state index in [1.807, 2.05) is 31.7 Å². The molecule has 0 atom stereocenters. The molecule has 0 unspecified atom stereocenters. The molecule has 3 rings (SSSR count). The van der Waals surface area contributed by atoms with Gasteiger partial charge in [-0.05, 0) is 32.9 Å². The molecule has 0 aliphatic carbocycles. The molecule has 6 heteroatoms. The molecular formula is C19H23FN2O3. The van der Waals surface area contributed by atoms with Crippen molar-refractivity contribution in [2.45, 2.75) is 39.1 Å². The van der Waals surface area contributed by atoms with Gasteiger partial charge in [0.25, 0.3) is 0 Å². The van der Waals surface area contributed by atoms with Gasteiger partial charge in [0.1, 0.15) is 17.5 Å². The van der Waals surface area contributed by atoms with Crippen LogP contribution in [-0.2, 0) is 6.61 Å². The van der Waals surface area contributed by atoms with Crippen molar-refractivity contribution in [3.8, 4) is 11.6 Å². The normalized spacial score (nSPS) is 15.0. The first-order chi connectivity index (χ1) is 11.9. The summed E-state index contributed by atoms with van der Waals surface area (Å²) in [5, 5.41) is 9.15. The molecule has 1 aromatic carbocycles. The molecule has 1 aromatic heterocycles. The van der Waals surface area contributed by atoms with Crippen molar-refractivity contribution in [3.63, 3.8) is 0 Å². The molecule has 0 bridgehead atoms. The number of pyridine rings is 1. The average molecular weight is 346 g/mol. The summed E-state index contributed by atoms with van der Waals surface area (Å²) in [7, 11) is 0. The molecule has 1 N–H and O–H groups in total. The van der Waals surface area contributed by atoms with E-state index in [0.29, 0.717) is 36.0 Å². The number of halogens is 1. The number of hydrogen-bond donors (Lipinski definition) is 1. The Morgan fingerprint density at radius 1 is 1.24 bits per heavy atom. The summed E-state index contributed by atoms with van der Waals surface area (Å²) in [6.45, 7) is 6.77. The van der Waals surface area contributed by atoms with Crippen molar-refractivity contribution >= 4 is 5.69 Å². The third-order valence-electron chi connectivity index (χ3n) is 3.84. The van der Waals surface area contributed by atoms with Gasteiger partial charge in [-0.1, -0.05) is 12.1 Å². The topological polar surface area (TPSA) is 54.8 Å². The van der Waals surface area contributed by atoms with Gasteiger partial charge < -0.3 is 19.5 Å². The van der Waals surface area contributed by atoms with Crippen LogP contribution in [0.1, 0.15) is 26.3 Å². The quantitative estimate of drug-likeness (QED) is 0.901. The zero-order chi connectivity index (χ0) is 18.0. The highest BCUT2D eigenvalue weighted by molar-refractivity contribution is 5.52. The number of ether oxygens (including phenoxy) is 2. The number of aliphatic hydroxyl groups excluding tert-OH is 1. The predicted molar refractivity (Wildman–Crippen MR) is 93.6 cm³/mol. The third kappa shape index (κ3) is 4.20. The summed E-state index contributed by atoms with van der Waals surface area (Å²) < 4.78 is 25.7. The van der Waals surface area contributed by atoms with Crippen LogP contribution >= 0.6 is 0 Å². The number of aromatic nitrogens is 1. The van der Waals surface area contributed by atoms with Gasteiger partial charge in [-0.2, -0.15) is 0 Å². The van der Waals surface area contributed by atoms with Gasteiger partial charge in [-0.3, -0.25) is 0 Å². The van der Waals surface area contributed by atoms with Crippen LogP contribution in [0, 0.1) is 5.82 Å². The maximum Gasteiger partial charge on any atom is 0.213 e. The zero-order valence-corrected chi connectivity index (χ0v) is 14.7. The molecule has 1 aliphatic rings. The Morgan fingerprint density at radius 2 is 2.00 bits per heavy atom. The number of nitrogens with zero attached hydrogens (tertiary/aromatic N) is 2. The lowest BCUT2D eigenvalue weighted by atomic mass is 10.1. The molecule has 25 heavy (non-hydrogen) atoms. The highest BCUT2D eigenvalue weighted by Gasteiger charge is 2.31. The molecule has 0 spiro atoms. The van der Waals surface area contributed by atoms with E-state index in [0.717, 1.165) is 0 Å². The second-order valence-electron chi connectivity index (χ2n) is 7.10. The van der Waals surface area contributed by atoms with Crippen LogP contribution in [0.5, 0.6) is 11.6 Å². The van der Waals surface area contributed by atoms with Crippen LogP contribution in [0.25, 0.3) is 0 Å². The first-order valence-electron chi connectivity index (χ1n) is 8.30. The van der Waals surface area contributed by atoms with Crippen molar-refractivity contribution in [1.82, 2.24) is 4.98 Å². The highest BCUT2D eigenvalue weighted by atomic mass is 19.1. The van der Waals surface area contributed by atoms with E-state index in [1.165, 1.54) is 0 Å². The van der Waals surface area contributed by atoms with Crippen LogP contribution in [-0.4, -0.2) is 34.9 Å². The molecule has 1 fully saturated rings. The maximum atomic E-state index is 14.2. The Hall–Kier alpha value is -2.34. The van der Waals surface area contributed by atoms with Crippen molar-refractivity contribution < 1.29 is 19.0 Å². The fourth-order valence-electron chi connectivity index (χ4n) is 2.64. The van der Waals surface area contributed by atoms with Crippen LogP contribution < -0.4 is 14.4 Å². The summed E-state index contributed by atoms with van der Waals surface area (Å²) >= 11 is 0. The summed E-state index contributed by atoms with van der Waals surface area (Å²) in [6.07, 6.45) is 1.62. The Balaban J connectivity index is 1.55. The van der Waals surface area contributed by atoms with E-state index in [4.69, 9.17) is 14.6 Å². The summed E-state index contributed by atoms with van der Waals surface area (Å²) in [5.74, 6) is 0.849. The van der Waals surface area contributed by atoms with Gasteiger partial charge in [-0.25, -0.2) is 9.37 Å². The SMILES string of the molecule is CC(C)(C)Oc1ccc(OC2CN(c3cccc(CO)c3F)C2)cn1. The second-order valence-corrected chi connectivity index (χ2v) is 7.10. The van der Waals surface area contributed by atoms with Gasteiger partial charge in [0.2, 0.25) is 5.88 Å². The standard InChI is InChI=1S/C19H23FN2O3/c1-19(2,3)25-17-8-7-14(9-21-17)24-15-10-22(11-15)16-6-4-5-13(12-23)18(16)20/h4-9,15,23H,10-12H2,1-3H3. The third-order valence-corrected chi connectivity index (χ3v) is 3.84. The van der Waals surface area contributed by atoms with E-state index in [-0.39, 0.29) is 24.1 Å². The second kappa shape index (κ2) is 6.88. The van der Waals surface area contributed by atoms with E-state index in [2.05, 4.69) is 4.98 Å². The molecule has 0 radical (unpaired) electrons. The molecule has 2 aromatic rings. The van der Waals surface area contributed by atoms with Crippen molar-refractivity contribution in [2.75, 3.05) is 18.0 Å². The number of aliphatic hydroxyl groups is 1. The van der Waals surface area contributed by atoms with Crippen molar-refractivity contribution in [2.24, 2.45) is 0 Å². The minimum Gasteiger partial charge on any atom is -0.485 e. The largest absolute Gasteiger partial charge is 0.485 e. The van der Waals surface area contributed by atoms with Gasteiger partial charge in [-0.15, -0.1) is 0 Å². The first-order valence-corrected chi connectivity index (χ1v) is 8.30. The zero-order valence-electron chi connectivity index (χ0n) is 14.7. The summed E-state index contributed by atoms with van der Waals surface area (Å²) in [6, 6.07) is 8.64. The highest BCUT2D eigenvalue weighted by Crippen LogP contribution is 2.28. The minimum atomic E-state index is -0.367. The van der Waals surface area contributed by atoms with Gasteiger partial charge in [0.15, 0.2) is 5.82 Å². The molecule has 5 nitrogen and oxygen atoms in total. The van der Waals surface area contributed by atoms with Gasteiger partial charge in [0, 0.05) is 11.6 Å². The van der Waals surface area contributed by atoms with E-state index < -0.39 is 0 Å².